The van der Waals surface area contributed by atoms with Gasteiger partial charge in [-0.3, -0.25) is 14.3 Å². The number of amides is 2. The van der Waals surface area contributed by atoms with Crippen molar-refractivity contribution in [1.29, 1.82) is 10.5 Å². The van der Waals surface area contributed by atoms with E-state index in [0.717, 1.165) is 40.9 Å². The Morgan fingerprint density at radius 3 is 1.61 bits per heavy atom. The van der Waals surface area contributed by atoms with Crippen LogP contribution in [0.15, 0.2) is 94.7 Å². The number of halogens is 9. The summed E-state index contributed by atoms with van der Waals surface area (Å²) in [5.74, 6) is -2.17. The standard InChI is InChI=1S/C18H14F4N2O2S.C12H9F3N2O2.C6H5FS.CH4.FH/c1-17(26,10-27-14-6-3-12(19)4-7-14)16(25)24-13-5-2-11(9-23)15(8-13)18(20,21)22;1-11(6-19-11)10(18)17-8-3-2-7(5-16)9(4-8)12(13,14)15;7-5-1-3-6(8)4-2-5;;/h2-8,26H,10H2,1H3,(H,24,25);2-4H,6H2,1H3,(H,17,18);1-4,8H;1H4;1H. The molecule has 56 heavy (non-hydrogen) atoms. The number of epoxide rings is 1. The van der Waals surface area contributed by atoms with Crippen LogP contribution in [0.2, 0.25) is 0 Å². The predicted molar refractivity (Wildman–Crippen MR) is 195 cm³/mol. The topological polar surface area (TPSA) is 139 Å². The third-order valence-corrected chi connectivity index (χ3v) is 8.72. The van der Waals surface area contributed by atoms with Crippen LogP contribution in [0.4, 0.5) is 51.2 Å². The first-order chi connectivity index (χ1) is 25.1. The zero-order valence-corrected chi connectivity index (χ0v) is 30.1. The molecule has 0 aromatic heterocycles. The number of alkyl halides is 6. The molecule has 1 fully saturated rings. The number of hydrogen-bond acceptors (Lipinski definition) is 8. The van der Waals surface area contributed by atoms with E-state index in [-0.39, 0.29) is 41.7 Å². The molecular formula is C37H33F9N4O4S2. The van der Waals surface area contributed by atoms with Crippen molar-refractivity contribution >= 4 is 47.6 Å². The lowest BCUT2D eigenvalue weighted by atomic mass is 10.1. The number of carbonyl (C=O) groups is 2. The molecule has 8 nitrogen and oxygen atoms in total. The highest BCUT2D eigenvalue weighted by molar-refractivity contribution is 7.99. The third-order valence-electron chi connectivity index (χ3n) is 7.11. The lowest BCUT2D eigenvalue weighted by Gasteiger charge is -2.22. The largest absolute Gasteiger partial charge is 0.417 e. The number of nitriles is 2. The van der Waals surface area contributed by atoms with Gasteiger partial charge in [-0.2, -0.15) is 36.9 Å². The second-order valence-corrected chi connectivity index (χ2v) is 13.2. The summed E-state index contributed by atoms with van der Waals surface area (Å²) in [5, 5.41) is 32.3. The van der Waals surface area contributed by atoms with E-state index < -0.39 is 63.4 Å². The Hall–Kier alpha value is -5.21. The van der Waals surface area contributed by atoms with Crippen LogP contribution in [-0.2, 0) is 26.7 Å². The van der Waals surface area contributed by atoms with Gasteiger partial charge in [0.2, 0.25) is 0 Å². The summed E-state index contributed by atoms with van der Waals surface area (Å²) in [7, 11) is 0. The van der Waals surface area contributed by atoms with Gasteiger partial charge in [-0.05, 0) is 98.8 Å². The Bertz CT molecular complexity index is 2020. The molecule has 0 aliphatic carbocycles. The predicted octanol–water partition coefficient (Wildman–Crippen LogP) is 9.41. The van der Waals surface area contributed by atoms with Crippen LogP contribution in [-0.4, -0.2) is 40.5 Å². The van der Waals surface area contributed by atoms with E-state index in [1.54, 1.807) is 12.1 Å². The second kappa shape index (κ2) is 20.1. The van der Waals surface area contributed by atoms with Crippen molar-refractivity contribution < 1.29 is 59.3 Å². The molecule has 1 aliphatic rings. The van der Waals surface area contributed by atoms with E-state index in [4.69, 9.17) is 15.3 Å². The summed E-state index contributed by atoms with van der Waals surface area (Å²) >= 11 is 5.05. The highest BCUT2D eigenvalue weighted by Crippen LogP contribution is 2.35. The number of nitrogens with one attached hydrogen (secondary N) is 2. The Morgan fingerprint density at radius 1 is 0.821 bits per heavy atom. The van der Waals surface area contributed by atoms with Crippen LogP contribution in [0.1, 0.15) is 43.5 Å². The van der Waals surface area contributed by atoms with Crippen LogP contribution < -0.4 is 10.6 Å². The summed E-state index contributed by atoms with van der Waals surface area (Å²) in [5.41, 5.74) is -6.39. The zero-order valence-electron chi connectivity index (χ0n) is 28.4. The van der Waals surface area contributed by atoms with Crippen LogP contribution in [0.25, 0.3) is 0 Å². The van der Waals surface area contributed by atoms with Gasteiger partial charge in [0.1, 0.15) is 17.2 Å². The van der Waals surface area contributed by atoms with Gasteiger partial charge in [-0.15, -0.1) is 24.4 Å². The fourth-order valence-electron chi connectivity index (χ4n) is 3.94. The lowest BCUT2D eigenvalue weighted by Crippen LogP contribution is -2.42. The Balaban J connectivity index is 0.000000468. The van der Waals surface area contributed by atoms with Crippen LogP contribution in [0.3, 0.4) is 0 Å². The smallest absolute Gasteiger partial charge is 0.379 e. The summed E-state index contributed by atoms with van der Waals surface area (Å²) < 4.78 is 107. The number of ether oxygens (including phenoxy) is 1. The average Bonchev–Trinajstić information content (AvgIpc) is 3.87. The van der Waals surface area contributed by atoms with Crippen molar-refractivity contribution in [1.82, 2.24) is 0 Å². The summed E-state index contributed by atoms with van der Waals surface area (Å²) in [6, 6.07) is 20.0. The summed E-state index contributed by atoms with van der Waals surface area (Å²) in [6.45, 7) is 2.99. The van der Waals surface area contributed by atoms with E-state index in [9.17, 15) is 49.8 Å². The summed E-state index contributed by atoms with van der Waals surface area (Å²) in [4.78, 5) is 25.3. The first-order valence-corrected chi connectivity index (χ1v) is 16.6. The molecule has 4 aromatic carbocycles. The van der Waals surface area contributed by atoms with E-state index in [0.29, 0.717) is 11.0 Å². The molecule has 0 radical (unpaired) electrons. The van der Waals surface area contributed by atoms with E-state index >= 15 is 0 Å². The molecule has 1 heterocycles. The number of thiol groups is 1. The molecule has 5 rings (SSSR count). The minimum Gasteiger partial charge on any atom is -0.379 e. The Kier molecular flexibility index (Phi) is 17.5. The molecule has 0 spiro atoms. The van der Waals surface area contributed by atoms with E-state index in [1.165, 1.54) is 68.5 Å². The van der Waals surface area contributed by atoms with Crippen molar-refractivity contribution in [3.63, 3.8) is 0 Å². The van der Waals surface area contributed by atoms with Gasteiger partial charge in [-0.25, -0.2) is 8.78 Å². The first-order valence-electron chi connectivity index (χ1n) is 15.1. The second-order valence-electron chi connectivity index (χ2n) is 11.7. The quantitative estimate of drug-likeness (QED) is 0.0630. The van der Waals surface area contributed by atoms with E-state index in [1.807, 2.05) is 0 Å². The molecule has 1 aliphatic heterocycles. The molecule has 1 saturated heterocycles. The van der Waals surface area contributed by atoms with Gasteiger partial charge >= 0.3 is 12.4 Å². The number of nitrogens with zero attached hydrogens (tertiary/aromatic N) is 2. The molecule has 0 bridgehead atoms. The van der Waals surface area contributed by atoms with Gasteiger partial charge < -0.3 is 20.5 Å². The van der Waals surface area contributed by atoms with Crippen LogP contribution >= 0.6 is 24.4 Å². The maximum absolute atomic E-state index is 13.0. The molecule has 2 unspecified atom stereocenters. The number of anilines is 2. The highest BCUT2D eigenvalue weighted by atomic mass is 32.2. The maximum atomic E-state index is 13.0. The van der Waals surface area contributed by atoms with Gasteiger partial charge in [0.15, 0.2) is 5.60 Å². The molecule has 2 atom stereocenters. The molecule has 300 valence electrons. The number of hydrogen-bond donors (Lipinski definition) is 4. The number of benzene rings is 4. The van der Waals surface area contributed by atoms with Crippen molar-refractivity contribution in [2.45, 2.75) is 54.6 Å². The fraction of sp³-hybridized carbons (Fsp3) is 0.243. The van der Waals surface area contributed by atoms with E-state index in [2.05, 4.69) is 23.3 Å². The van der Waals surface area contributed by atoms with Gasteiger partial charge in [0.25, 0.3) is 11.8 Å². The average molecular weight is 833 g/mol. The number of thioether (sulfide) groups is 1. The maximum Gasteiger partial charge on any atom is 0.417 e. The first kappa shape index (κ1) is 48.8. The van der Waals surface area contributed by atoms with Gasteiger partial charge in [0.05, 0.1) is 41.0 Å². The minimum absolute atomic E-state index is 0. The van der Waals surface area contributed by atoms with Crippen LogP contribution in [0.5, 0.6) is 0 Å². The normalized spacial score (nSPS) is 15.2. The van der Waals surface area contributed by atoms with Gasteiger partial charge in [-0.1, -0.05) is 7.43 Å². The zero-order chi connectivity index (χ0) is 40.5. The number of carbonyl (C=O) groups excluding carboxylic acids is 2. The van der Waals surface area contributed by atoms with Crippen molar-refractivity contribution in [3.8, 4) is 12.1 Å². The van der Waals surface area contributed by atoms with Crippen molar-refractivity contribution in [2.24, 2.45) is 0 Å². The highest BCUT2D eigenvalue weighted by Gasteiger charge is 2.47. The molecule has 19 heteroatoms. The Labute approximate surface area is 325 Å². The van der Waals surface area contributed by atoms with Gasteiger partial charge in [0, 0.05) is 26.9 Å². The number of aliphatic hydroxyl groups is 1. The SMILES string of the molecule is C.CC(O)(CSc1ccc(F)cc1)C(=O)Nc1ccc(C#N)c(C(F)(F)F)c1.CC1(C(=O)Nc2ccc(C#N)c(C(F)(F)F)c2)CO1.F.Fc1ccc(S)cc1. The van der Waals surface area contributed by atoms with Crippen LogP contribution in [0, 0.1) is 34.3 Å². The Morgan fingerprint density at radius 2 is 1.23 bits per heavy atom. The molecule has 4 aromatic rings. The molecule has 2 amide bonds. The molecular weight excluding hydrogens is 800 g/mol. The monoisotopic (exact) mass is 832 g/mol. The lowest BCUT2D eigenvalue weighted by molar-refractivity contribution is -0.138. The molecule has 3 N–H and O–H groups in total. The number of rotatable bonds is 7. The molecule has 0 saturated carbocycles. The van der Waals surface area contributed by atoms with Crippen molar-refractivity contribution in [2.75, 3.05) is 23.0 Å². The summed E-state index contributed by atoms with van der Waals surface area (Å²) in [6.07, 6.45) is -9.40. The third kappa shape index (κ3) is 14.5. The fourth-order valence-corrected chi connectivity index (χ4v) is 4.99. The minimum atomic E-state index is -4.76. The van der Waals surface area contributed by atoms with Crippen molar-refractivity contribution in [3.05, 3.63) is 119 Å².